The van der Waals surface area contributed by atoms with Crippen LogP contribution >= 0.6 is 0 Å². The average Bonchev–Trinajstić information content (AvgIpc) is 2.28. The maximum absolute atomic E-state index is 11.4. The van der Waals surface area contributed by atoms with Crippen LogP contribution in [0.3, 0.4) is 0 Å². The molecule has 16 heavy (non-hydrogen) atoms. The average molecular weight is 226 g/mol. The van der Waals surface area contributed by atoms with E-state index in [9.17, 15) is 9.59 Å². The number of carbonyl (C=O) groups excluding carboxylic acids is 1. The Morgan fingerprint density at radius 2 is 2.06 bits per heavy atom. The number of hydrogen-bond donors (Lipinski definition) is 2. The molecule has 5 nitrogen and oxygen atoms in total. The van der Waals surface area contributed by atoms with Gasteiger partial charge in [-0.15, -0.1) is 0 Å². The van der Waals surface area contributed by atoms with Crippen LogP contribution in [0, 0.1) is 5.92 Å². The lowest BCUT2D eigenvalue weighted by molar-refractivity contribution is -0.131. The van der Waals surface area contributed by atoms with Crippen molar-refractivity contribution in [3.05, 3.63) is 12.2 Å². The topological polar surface area (TPSA) is 69.6 Å². The Morgan fingerprint density at radius 3 is 2.56 bits per heavy atom. The van der Waals surface area contributed by atoms with Gasteiger partial charge in [-0.25, -0.2) is 4.79 Å². The van der Waals surface area contributed by atoms with Gasteiger partial charge in [-0.05, 0) is 25.9 Å². The fourth-order valence-corrected chi connectivity index (χ4v) is 1.88. The largest absolute Gasteiger partial charge is 0.478 e. The van der Waals surface area contributed by atoms with E-state index in [1.54, 1.807) is 13.1 Å². The lowest BCUT2D eigenvalue weighted by Gasteiger charge is -2.30. The van der Waals surface area contributed by atoms with Crippen LogP contribution in [0.2, 0.25) is 0 Å². The number of piperidine rings is 1. The third-order valence-corrected chi connectivity index (χ3v) is 2.83. The Bertz CT molecular complexity index is 281. The highest BCUT2D eigenvalue weighted by molar-refractivity contribution is 5.79. The van der Waals surface area contributed by atoms with Crippen LogP contribution in [0.1, 0.15) is 12.8 Å². The van der Waals surface area contributed by atoms with E-state index in [0.29, 0.717) is 6.54 Å². The molecule has 0 saturated carbocycles. The molecule has 0 aromatic rings. The maximum atomic E-state index is 11.4. The van der Waals surface area contributed by atoms with Gasteiger partial charge >= 0.3 is 5.97 Å². The lowest BCUT2D eigenvalue weighted by atomic mass is 9.96. The molecule has 1 heterocycles. The van der Waals surface area contributed by atoms with Crippen molar-refractivity contribution in [2.45, 2.75) is 12.8 Å². The SMILES string of the molecule is CNC(=O)C1CCN(C/C=C/C(=O)O)CC1. The van der Waals surface area contributed by atoms with Crippen molar-refractivity contribution < 1.29 is 14.7 Å². The maximum Gasteiger partial charge on any atom is 0.328 e. The smallest absolute Gasteiger partial charge is 0.328 e. The fraction of sp³-hybridized carbons (Fsp3) is 0.636. The highest BCUT2D eigenvalue weighted by Crippen LogP contribution is 2.16. The highest BCUT2D eigenvalue weighted by atomic mass is 16.4. The van der Waals surface area contributed by atoms with E-state index in [1.165, 1.54) is 0 Å². The summed E-state index contributed by atoms with van der Waals surface area (Å²) < 4.78 is 0. The number of hydrogen-bond acceptors (Lipinski definition) is 3. The number of likely N-dealkylation sites (tertiary alicyclic amines) is 1. The molecule has 5 heteroatoms. The molecule has 1 saturated heterocycles. The summed E-state index contributed by atoms with van der Waals surface area (Å²) in [7, 11) is 1.66. The molecule has 0 aromatic carbocycles. The second-order valence-corrected chi connectivity index (χ2v) is 3.93. The normalized spacial score (nSPS) is 18.8. The van der Waals surface area contributed by atoms with Crippen LogP contribution in [-0.2, 0) is 9.59 Å². The summed E-state index contributed by atoms with van der Waals surface area (Å²) >= 11 is 0. The molecular formula is C11H18N2O3. The quantitative estimate of drug-likeness (QED) is 0.666. The molecule has 0 radical (unpaired) electrons. The molecule has 1 fully saturated rings. The molecule has 1 aliphatic heterocycles. The number of rotatable bonds is 4. The van der Waals surface area contributed by atoms with Crippen LogP contribution in [0.5, 0.6) is 0 Å². The summed E-state index contributed by atoms with van der Waals surface area (Å²) in [5.74, 6) is -0.689. The third-order valence-electron chi connectivity index (χ3n) is 2.83. The van der Waals surface area contributed by atoms with Gasteiger partial charge in [-0.3, -0.25) is 9.69 Å². The summed E-state index contributed by atoms with van der Waals surface area (Å²) in [5, 5.41) is 11.1. The van der Waals surface area contributed by atoms with E-state index < -0.39 is 5.97 Å². The molecule has 0 aliphatic carbocycles. The minimum Gasteiger partial charge on any atom is -0.478 e. The van der Waals surface area contributed by atoms with Gasteiger partial charge in [0.25, 0.3) is 0 Å². The summed E-state index contributed by atoms with van der Waals surface area (Å²) in [5.41, 5.74) is 0. The zero-order valence-electron chi connectivity index (χ0n) is 9.48. The summed E-state index contributed by atoms with van der Waals surface area (Å²) in [6.45, 7) is 2.34. The number of nitrogens with zero attached hydrogens (tertiary/aromatic N) is 1. The van der Waals surface area contributed by atoms with Gasteiger partial charge < -0.3 is 10.4 Å². The van der Waals surface area contributed by atoms with Gasteiger partial charge in [-0.2, -0.15) is 0 Å². The van der Waals surface area contributed by atoms with Gasteiger partial charge in [0.2, 0.25) is 5.91 Å². The van der Waals surface area contributed by atoms with Crippen LogP contribution < -0.4 is 5.32 Å². The minimum absolute atomic E-state index is 0.112. The summed E-state index contributed by atoms with van der Waals surface area (Å²) in [4.78, 5) is 23.8. The molecule has 0 spiro atoms. The first-order valence-corrected chi connectivity index (χ1v) is 5.47. The van der Waals surface area contributed by atoms with E-state index in [-0.39, 0.29) is 11.8 Å². The molecule has 0 unspecified atom stereocenters. The zero-order chi connectivity index (χ0) is 12.0. The number of aliphatic carboxylic acids is 1. The highest BCUT2D eigenvalue weighted by Gasteiger charge is 2.23. The fourth-order valence-electron chi connectivity index (χ4n) is 1.88. The molecule has 90 valence electrons. The van der Waals surface area contributed by atoms with E-state index in [1.807, 2.05) is 0 Å². The second-order valence-electron chi connectivity index (χ2n) is 3.93. The van der Waals surface area contributed by atoms with Crippen LogP contribution in [0.15, 0.2) is 12.2 Å². The molecule has 0 bridgehead atoms. The van der Waals surface area contributed by atoms with Crippen molar-refractivity contribution in [3.63, 3.8) is 0 Å². The lowest BCUT2D eigenvalue weighted by Crippen LogP contribution is -2.39. The van der Waals surface area contributed by atoms with Crippen molar-refractivity contribution in [1.82, 2.24) is 10.2 Å². The number of carboxylic acids is 1. The first-order valence-electron chi connectivity index (χ1n) is 5.47. The van der Waals surface area contributed by atoms with E-state index >= 15 is 0 Å². The molecule has 0 aromatic heterocycles. The Labute approximate surface area is 95.1 Å². The Balaban J connectivity index is 2.27. The first kappa shape index (κ1) is 12.7. The van der Waals surface area contributed by atoms with Crippen LogP contribution in [0.4, 0.5) is 0 Å². The van der Waals surface area contributed by atoms with Gasteiger partial charge in [0, 0.05) is 25.6 Å². The van der Waals surface area contributed by atoms with Gasteiger partial charge in [-0.1, -0.05) is 6.08 Å². The van der Waals surface area contributed by atoms with Crippen molar-refractivity contribution in [2.24, 2.45) is 5.92 Å². The van der Waals surface area contributed by atoms with E-state index in [0.717, 1.165) is 32.0 Å². The summed E-state index contributed by atoms with van der Waals surface area (Å²) in [6.07, 6.45) is 4.49. The van der Waals surface area contributed by atoms with Crippen molar-refractivity contribution in [3.8, 4) is 0 Å². The van der Waals surface area contributed by atoms with Crippen molar-refractivity contribution >= 4 is 11.9 Å². The monoisotopic (exact) mass is 226 g/mol. The number of carboxylic acid groups (broad SMARTS) is 1. The first-order chi connectivity index (χ1) is 7.63. The predicted molar refractivity (Wildman–Crippen MR) is 60.0 cm³/mol. The van der Waals surface area contributed by atoms with E-state index in [2.05, 4.69) is 10.2 Å². The van der Waals surface area contributed by atoms with Crippen molar-refractivity contribution in [1.29, 1.82) is 0 Å². The number of amides is 1. The van der Waals surface area contributed by atoms with E-state index in [4.69, 9.17) is 5.11 Å². The van der Waals surface area contributed by atoms with Crippen LogP contribution in [-0.4, -0.2) is 48.6 Å². The second kappa shape index (κ2) is 6.27. The molecule has 0 atom stereocenters. The van der Waals surface area contributed by atoms with Gasteiger partial charge in [0.05, 0.1) is 0 Å². The zero-order valence-corrected chi connectivity index (χ0v) is 9.48. The molecule has 1 rings (SSSR count). The number of nitrogens with one attached hydrogen (secondary N) is 1. The third kappa shape index (κ3) is 4.02. The van der Waals surface area contributed by atoms with Crippen molar-refractivity contribution in [2.75, 3.05) is 26.7 Å². The van der Waals surface area contributed by atoms with Gasteiger partial charge in [0.15, 0.2) is 0 Å². The molecule has 2 N–H and O–H groups in total. The predicted octanol–water partition coefficient (Wildman–Crippen LogP) is 0.0852. The molecule has 1 aliphatic rings. The Hall–Kier alpha value is -1.36. The standard InChI is InChI=1S/C11H18N2O3/c1-12-11(16)9-4-7-13(8-5-9)6-2-3-10(14)15/h2-3,9H,4-8H2,1H3,(H,12,16)(H,14,15)/b3-2+. The number of carbonyl (C=O) groups is 2. The Morgan fingerprint density at radius 1 is 1.44 bits per heavy atom. The summed E-state index contributed by atoms with van der Waals surface area (Å²) in [6, 6.07) is 0. The minimum atomic E-state index is -0.916. The van der Waals surface area contributed by atoms with Gasteiger partial charge in [0.1, 0.15) is 0 Å². The molecular weight excluding hydrogens is 208 g/mol. The Kier molecular flexibility index (Phi) is 4.98. The molecule has 1 amide bonds. The van der Waals surface area contributed by atoms with Crippen LogP contribution in [0.25, 0.3) is 0 Å².